The van der Waals surface area contributed by atoms with E-state index in [4.69, 9.17) is 15.7 Å². The zero-order chi connectivity index (χ0) is 25.4. The van der Waals surface area contributed by atoms with Crippen LogP contribution in [0.1, 0.15) is 30.0 Å². The molecule has 3 aromatic heterocycles. The van der Waals surface area contributed by atoms with Crippen molar-refractivity contribution in [3.8, 4) is 0 Å². The van der Waals surface area contributed by atoms with E-state index in [0.717, 1.165) is 66.1 Å². The van der Waals surface area contributed by atoms with Crippen LogP contribution in [0.3, 0.4) is 0 Å². The molecule has 0 saturated carbocycles. The lowest BCUT2D eigenvalue weighted by molar-refractivity contribution is 0.187. The molecular formula is C29H28N8O. The van der Waals surface area contributed by atoms with Crippen molar-refractivity contribution >= 4 is 39.4 Å². The molecule has 38 heavy (non-hydrogen) atoms. The van der Waals surface area contributed by atoms with Gasteiger partial charge in [-0.3, -0.25) is 9.89 Å². The molecule has 1 atom stereocenters. The Bertz CT molecular complexity index is 1780. The van der Waals surface area contributed by atoms with Crippen molar-refractivity contribution in [2.75, 3.05) is 29.4 Å². The maximum Gasteiger partial charge on any atom is 0.251 e. The largest absolute Gasteiger partial charge is 0.355 e. The third-order valence-corrected chi connectivity index (χ3v) is 9.00. The van der Waals surface area contributed by atoms with Crippen molar-refractivity contribution in [2.24, 2.45) is 11.1 Å². The number of aromatic amines is 1. The second-order valence-corrected chi connectivity index (χ2v) is 10.9. The average molecular weight is 505 g/mol. The summed E-state index contributed by atoms with van der Waals surface area (Å²) in [6, 6.07) is 18.3. The summed E-state index contributed by atoms with van der Waals surface area (Å²) in [7, 11) is 0. The Morgan fingerprint density at radius 1 is 0.974 bits per heavy atom. The van der Waals surface area contributed by atoms with Gasteiger partial charge in [0, 0.05) is 43.7 Å². The molecule has 3 aliphatic rings. The molecule has 3 N–H and O–H groups in total. The van der Waals surface area contributed by atoms with Crippen LogP contribution in [0.5, 0.6) is 0 Å². The number of pyridine rings is 1. The molecular weight excluding hydrogens is 476 g/mol. The fourth-order valence-corrected chi connectivity index (χ4v) is 6.93. The number of aromatic nitrogens is 5. The normalized spacial score (nSPS) is 20.0. The monoisotopic (exact) mass is 504 g/mol. The maximum absolute atomic E-state index is 12.5. The van der Waals surface area contributed by atoms with Crippen LogP contribution in [0.15, 0.2) is 65.6 Å². The van der Waals surface area contributed by atoms with E-state index in [1.54, 1.807) is 6.07 Å². The van der Waals surface area contributed by atoms with Crippen molar-refractivity contribution in [1.29, 1.82) is 0 Å². The van der Waals surface area contributed by atoms with Crippen LogP contribution < -0.4 is 21.1 Å². The summed E-state index contributed by atoms with van der Waals surface area (Å²) < 4.78 is 1.84. The third kappa shape index (κ3) is 3.02. The summed E-state index contributed by atoms with van der Waals surface area (Å²) in [5, 5.41) is 8.79. The van der Waals surface area contributed by atoms with Crippen LogP contribution in [-0.4, -0.2) is 44.4 Å². The van der Waals surface area contributed by atoms with E-state index in [1.807, 2.05) is 35.0 Å². The molecule has 1 saturated heterocycles. The molecule has 2 aromatic carbocycles. The lowest BCUT2D eigenvalue weighted by Gasteiger charge is -2.42. The van der Waals surface area contributed by atoms with Gasteiger partial charge in [0.2, 0.25) is 0 Å². The van der Waals surface area contributed by atoms with Crippen molar-refractivity contribution in [3.63, 3.8) is 0 Å². The molecule has 5 heterocycles. The van der Waals surface area contributed by atoms with Gasteiger partial charge in [-0.25, -0.2) is 9.97 Å². The van der Waals surface area contributed by atoms with Gasteiger partial charge in [-0.1, -0.05) is 36.4 Å². The molecule has 190 valence electrons. The van der Waals surface area contributed by atoms with Crippen molar-refractivity contribution < 1.29 is 0 Å². The molecule has 0 radical (unpaired) electrons. The van der Waals surface area contributed by atoms with Gasteiger partial charge >= 0.3 is 0 Å². The highest BCUT2D eigenvalue weighted by Crippen LogP contribution is 2.51. The number of nitrogens with one attached hydrogen (secondary N) is 1. The number of benzene rings is 2. The van der Waals surface area contributed by atoms with Gasteiger partial charge in [-0.2, -0.15) is 5.10 Å². The number of nitrogens with zero attached hydrogens (tertiary/aromatic N) is 6. The van der Waals surface area contributed by atoms with E-state index in [1.165, 1.54) is 11.1 Å². The first-order valence-electron chi connectivity index (χ1n) is 13.3. The van der Waals surface area contributed by atoms with Crippen LogP contribution >= 0.6 is 0 Å². The zero-order valence-electron chi connectivity index (χ0n) is 21.0. The van der Waals surface area contributed by atoms with Gasteiger partial charge in [0.15, 0.2) is 17.0 Å². The van der Waals surface area contributed by atoms with Gasteiger partial charge in [0.1, 0.15) is 5.82 Å². The number of hydrogen-bond acceptors (Lipinski definition) is 7. The average Bonchev–Trinajstić information content (AvgIpc) is 3.49. The Labute approximate surface area is 218 Å². The molecule has 8 rings (SSSR count). The summed E-state index contributed by atoms with van der Waals surface area (Å²) in [5.41, 5.74) is 12.9. The topological polar surface area (TPSA) is 109 Å². The summed E-state index contributed by atoms with van der Waals surface area (Å²) in [6.45, 7) is 3.04. The molecule has 0 amide bonds. The van der Waals surface area contributed by atoms with Gasteiger partial charge in [0.05, 0.1) is 17.4 Å². The zero-order valence-corrected chi connectivity index (χ0v) is 21.0. The first-order valence-corrected chi connectivity index (χ1v) is 13.3. The Balaban J connectivity index is 1.08. The Kier molecular flexibility index (Phi) is 4.52. The minimum Gasteiger partial charge on any atom is -0.355 e. The molecule has 1 aliphatic carbocycles. The van der Waals surface area contributed by atoms with Crippen LogP contribution in [0.25, 0.3) is 22.1 Å². The molecule has 2 aliphatic heterocycles. The Hall–Kier alpha value is -4.24. The van der Waals surface area contributed by atoms with E-state index in [9.17, 15) is 4.79 Å². The Morgan fingerprint density at radius 2 is 1.84 bits per heavy atom. The van der Waals surface area contributed by atoms with Gasteiger partial charge in [0.25, 0.3) is 5.56 Å². The maximum atomic E-state index is 12.5. The highest BCUT2D eigenvalue weighted by atomic mass is 16.1. The third-order valence-electron chi connectivity index (χ3n) is 9.00. The number of hydrogen-bond donors (Lipinski definition) is 2. The van der Waals surface area contributed by atoms with Crippen molar-refractivity contribution in [3.05, 3.63) is 82.3 Å². The summed E-state index contributed by atoms with van der Waals surface area (Å²) >= 11 is 0. The van der Waals surface area contributed by atoms with Crippen LogP contribution in [-0.2, 0) is 13.0 Å². The molecule has 9 nitrogen and oxygen atoms in total. The number of H-pyrrole nitrogens is 1. The SMILES string of the molecule is N[C@H]1c2ccccc2CC12CCN(c1cnc3c(N4CCn5c(=O)ccc6cccc4c65)n[nH]c3n1)CC2. The Morgan fingerprint density at radius 3 is 2.71 bits per heavy atom. The lowest BCUT2D eigenvalue weighted by atomic mass is 9.73. The van der Waals surface area contributed by atoms with Crippen molar-refractivity contribution in [1.82, 2.24) is 24.7 Å². The molecule has 0 unspecified atom stereocenters. The molecule has 1 fully saturated rings. The second kappa shape index (κ2) is 7.88. The lowest BCUT2D eigenvalue weighted by Crippen LogP contribution is -2.44. The minimum atomic E-state index is 0.0201. The first-order chi connectivity index (χ1) is 18.6. The van der Waals surface area contributed by atoms with E-state index in [0.29, 0.717) is 18.7 Å². The number of nitrogens with two attached hydrogens (primary N) is 1. The van der Waals surface area contributed by atoms with Gasteiger partial charge < -0.3 is 20.1 Å². The molecule has 9 heteroatoms. The van der Waals surface area contributed by atoms with Gasteiger partial charge in [-0.05, 0) is 47.9 Å². The molecule has 5 aromatic rings. The van der Waals surface area contributed by atoms with E-state index >= 15 is 0 Å². The summed E-state index contributed by atoms with van der Waals surface area (Å²) in [4.78, 5) is 26.7. The smallest absolute Gasteiger partial charge is 0.251 e. The predicted octanol–water partition coefficient (Wildman–Crippen LogP) is 3.66. The van der Waals surface area contributed by atoms with Crippen LogP contribution in [0, 0.1) is 5.41 Å². The summed E-state index contributed by atoms with van der Waals surface area (Å²) in [6.07, 6.45) is 5.00. The fraction of sp³-hybridized carbons (Fsp3) is 0.310. The van der Waals surface area contributed by atoms with E-state index < -0.39 is 0 Å². The number of fused-ring (bicyclic) bond motifs is 2. The van der Waals surface area contributed by atoms with E-state index in [2.05, 4.69) is 44.3 Å². The fourth-order valence-electron chi connectivity index (χ4n) is 6.93. The highest BCUT2D eigenvalue weighted by molar-refractivity contribution is 5.97. The van der Waals surface area contributed by atoms with Crippen LogP contribution in [0.2, 0.25) is 0 Å². The number of para-hydroxylation sites is 1. The van der Waals surface area contributed by atoms with E-state index in [-0.39, 0.29) is 17.0 Å². The molecule has 1 spiro atoms. The highest BCUT2D eigenvalue weighted by Gasteiger charge is 2.46. The first kappa shape index (κ1) is 21.8. The number of rotatable bonds is 2. The number of piperidine rings is 1. The van der Waals surface area contributed by atoms with Crippen molar-refractivity contribution in [2.45, 2.75) is 31.8 Å². The minimum absolute atomic E-state index is 0.0201. The number of anilines is 3. The predicted molar refractivity (Wildman–Crippen MR) is 148 cm³/mol. The molecule has 0 bridgehead atoms. The standard InChI is InChI=1S/C29H28N8O/c30-26-20-6-2-1-4-19(20)16-29(26)10-12-35(13-11-29)22-17-31-24-27(32-22)33-34-28(24)36-14-15-37-23(38)9-8-18-5-3-7-21(36)25(18)37/h1-9,17,26H,10-16,30H2,(H,32,33,34)/t26-/m0/s1. The second-order valence-electron chi connectivity index (χ2n) is 10.9. The van der Waals surface area contributed by atoms with Crippen LogP contribution in [0.4, 0.5) is 17.3 Å². The summed E-state index contributed by atoms with van der Waals surface area (Å²) in [5.74, 6) is 1.60. The van der Waals surface area contributed by atoms with Gasteiger partial charge in [-0.15, -0.1) is 0 Å². The quantitative estimate of drug-likeness (QED) is 0.378.